The molecule has 1 aliphatic carbocycles. The summed E-state index contributed by atoms with van der Waals surface area (Å²) < 4.78 is 5.73. The van der Waals surface area contributed by atoms with E-state index in [1.54, 1.807) is 0 Å². The van der Waals surface area contributed by atoms with Gasteiger partial charge in [-0.25, -0.2) is 0 Å². The van der Waals surface area contributed by atoms with E-state index >= 15 is 0 Å². The summed E-state index contributed by atoms with van der Waals surface area (Å²) in [5.74, 6) is 0.273. The van der Waals surface area contributed by atoms with Crippen LogP contribution in [-0.2, 0) is 16.0 Å². The number of nitrogens with zero attached hydrogens (tertiary/aromatic N) is 1. The number of ether oxygens (including phenoxy) is 1. The number of hydrogen-bond donors (Lipinski definition) is 0. The Balaban J connectivity index is 1.69. The van der Waals surface area contributed by atoms with Crippen LogP contribution in [0.1, 0.15) is 43.2 Å². The summed E-state index contributed by atoms with van der Waals surface area (Å²) in [6.07, 6.45) is 6.77. The van der Waals surface area contributed by atoms with Crippen molar-refractivity contribution in [1.29, 1.82) is 0 Å². The molecule has 1 amide bonds. The maximum absolute atomic E-state index is 12.7. The highest BCUT2D eigenvalue weighted by Gasteiger charge is 2.46. The zero-order valence-electron chi connectivity index (χ0n) is 13.8. The van der Waals surface area contributed by atoms with E-state index in [2.05, 4.69) is 24.0 Å². The van der Waals surface area contributed by atoms with E-state index in [0.717, 1.165) is 31.5 Å². The van der Waals surface area contributed by atoms with Crippen LogP contribution in [0, 0.1) is 12.3 Å². The Labute approximate surface area is 133 Å². The fourth-order valence-electron chi connectivity index (χ4n) is 4.40. The average Bonchev–Trinajstić information content (AvgIpc) is 2.91. The van der Waals surface area contributed by atoms with Gasteiger partial charge in [0.1, 0.15) is 0 Å². The molecule has 0 bridgehead atoms. The Morgan fingerprint density at radius 2 is 2.09 bits per heavy atom. The second-order valence-electron chi connectivity index (χ2n) is 7.00. The molecule has 0 unspecified atom stereocenters. The summed E-state index contributed by atoms with van der Waals surface area (Å²) in [6.45, 7) is 3.87. The molecule has 1 spiro atoms. The molecule has 1 aromatic rings. The lowest BCUT2D eigenvalue weighted by Crippen LogP contribution is -2.50. The van der Waals surface area contributed by atoms with Crippen molar-refractivity contribution in [2.24, 2.45) is 5.41 Å². The minimum absolute atomic E-state index is 0.217. The van der Waals surface area contributed by atoms with Crippen LogP contribution in [0.15, 0.2) is 24.3 Å². The first-order valence-electron chi connectivity index (χ1n) is 8.50. The van der Waals surface area contributed by atoms with Crippen molar-refractivity contribution in [3.05, 3.63) is 35.4 Å². The summed E-state index contributed by atoms with van der Waals surface area (Å²) >= 11 is 0. The number of benzene rings is 1. The maximum Gasteiger partial charge on any atom is 0.227 e. The predicted octanol–water partition coefficient (Wildman–Crippen LogP) is 3.35. The topological polar surface area (TPSA) is 29.5 Å². The van der Waals surface area contributed by atoms with E-state index in [4.69, 9.17) is 4.74 Å². The van der Waals surface area contributed by atoms with Gasteiger partial charge < -0.3 is 9.64 Å². The van der Waals surface area contributed by atoms with Gasteiger partial charge in [-0.15, -0.1) is 0 Å². The van der Waals surface area contributed by atoms with Gasteiger partial charge in [-0.1, -0.05) is 30.7 Å². The van der Waals surface area contributed by atoms with Gasteiger partial charge in [0.25, 0.3) is 0 Å². The first-order valence-corrected chi connectivity index (χ1v) is 8.50. The maximum atomic E-state index is 12.7. The molecule has 2 atom stereocenters. The Hall–Kier alpha value is -1.35. The standard InChI is InChI=1S/C19H27NO2/c1-15-7-3-4-8-16(15)13-18(21)20-12-6-11-19(14-20)10-5-9-17(19)22-2/h3-4,7-8,17H,5-6,9-14H2,1-2H3/t17-,19-/m1/s1. The molecule has 3 rings (SSSR count). The van der Waals surface area contributed by atoms with Crippen molar-refractivity contribution in [3.8, 4) is 0 Å². The van der Waals surface area contributed by atoms with Crippen LogP contribution in [0.4, 0.5) is 0 Å². The third-order valence-corrected chi connectivity index (χ3v) is 5.67. The monoisotopic (exact) mass is 301 g/mol. The third-order valence-electron chi connectivity index (χ3n) is 5.67. The third kappa shape index (κ3) is 2.91. The molecule has 3 heteroatoms. The van der Waals surface area contributed by atoms with Crippen LogP contribution in [0.5, 0.6) is 0 Å². The Morgan fingerprint density at radius 1 is 1.32 bits per heavy atom. The van der Waals surface area contributed by atoms with Crippen molar-refractivity contribution in [3.63, 3.8) is 0 Å². The predicted molar refractivity (Wildman–Crippen MR) is 87.8 cm³/mol. The highest BCUT2D eigenvalue weighted by molar-refractivity contribution is 5.79. The van der Waals surface area contributed by atoms with Gasteiger partial charge in [0, 0.05) is 25.6 Å². The van der Waals surface area contributed by atoms with Crippen molar-refractivity contribution < 1.29 is 9.53 Å². The Morgan fingerprint density at radius 3 is 2.86 bits per heavy atom. The molecule has 0 radical (unpaired) electrons. The normalized spacial score (nSPS) is 28.3. The number of carbonyl (C=O) groups excluding carboxylic acids is 1. The van der Waals surface area contributed by atoms with E-state index < -0.39 is 0 Å². The van der Waals surface area contributed by atoms with Crippen LogP contribution in [0.2, 0.25) is 0 Å². The van der Waals surface area contributed by atoms with E-state index in [1.807, 2.05) is 19.2 Å². The molecule has 1 heterocycles. The Bertz CT molecular complexity index is 542. The zero-order chi connectivity index (χ0) is 15.6. The lowest BCUT2D eigenvalue weighted by Gasteiger charge is -2.43. The number of aryl methyl sites for hydroxylation is 1. The number of amides is 1. The van der Waals surface area contributed by atoms with Crippen LogP contribution < -0.4 is 0 Å². The summed E-state index contributed by atoms with van der Waals surface area (Å²) in [7, 11) is 1.83. The minimum atomic E-state index is 0.217. The zero-order valence-corrected chi connectivity index (χ0v) is 13.8. The number of methoxy groups -OCH3 is 1. The number of likely N-dealkylation sites (tertiary alicyclic amines) is 1. The minimum Gasteiger partial charge on any atom is -0.381 e. The molecule has 1 saturated heterocycles. The summed E-state index contributed by atoms with van der Waals surface area (Å²) in [5.41, 5.74) is 2.58. The quantitative estimate of drug-likeness (QED) is 0.857. The molecule has 1 saturated carbocycles. The first-order chi connectivity index (χ1) is 10.6. The first kappa shape index (κ1) is 15.5. The molecule has 3 nitrogen and oxygen atoms in total. The van der Waals surface area contributed by atoms with Gasteiger partial charge in [0.2, 0.25) is 5.91 Å². The van der Waals surface area contributed by atoms with Crippen molar-refractivity contribution in [2.75, 3.05) is 20.2 Å². The largest absolute Gasteiger partial charge is 0.381 e. The summed E-state index contributed by atoms with van der Waals surface area (Å²) in [6, 6.07) is 8.20. The second-order valence-corrected chi connectivity index (χ2v) is 7.00. The van der Waals surface area contributed by atoms with E-state index in [9.17, 15) is 4.79 Å². The molecule has 1 aromatic carbocycles. The molecule has 1 aliphatic heterocycles. The van der Waals surface area contributed by atoms with Gasteiger partial charge in [0.15, 0.2) is 0 Å². The van der Waals surface area contributed by atoms with Gasteiger partial charge in [0.05, 0.1) is 12.5 Å². The molecule has 22 heavy (non-hydrogen) atoms. The van der Waals surface area contributed by atoms with Crippen LogP contribution >= 0.6 is 0 Å². The SMILES string of the molecule is CO[C@@H]1CCC[C@]12CCCN(C(=O)Cc1ccccc1C)C2. The van der Waals surface area contributed by atoms with Crippen LogP contribution in [0.3, 0.4) is 0 Å². The summed E-state index contributed by atoms with van der Waals surface area (Å²) in [4.78, 5) is 14.8. The lowest BCUT2D eigenvalue weighted by atomic mass is 9.76. The molecule has 0 N–H and O–H groups in total. The lowest BCUT2D eigenvalue weighted by molar-refractivity contribution is -0.136. The van der Waals surface area contributed by atoms with Crippen molar-refractivity contribution >= 4 is 5.91 Å². The smallest absolute Gasteiger partial charge is 0.227 e. The summed E-state index contributed by atoms with van der Waals surface area (Å²) in [5, 5.41) is 0. The van der Waals surface area contributed by atoms with E-state index in [0.29, 0.717) is 12.5 Å². The van der Waals surface area contributed by atoms with Crippen molar-refractivity contribution in [1.82, 2.24) is 4.90 Å². The fraction of sp³-hybridized carbons (Fsp3) is 0.632. The molecule has 120 valence electrons. The molecule has 0 aromatic heterocycles. The van der Waals surface area contributed by atoms with E-state index in [1.165, 1.54) is 24.8 Å². The molecular formula is C19H27NO2. The average molecular weight is 301 g/mol. The number of piperidine rings is 1. The molecule has 2 aliphatic rings. The highest BCUT2D eigenvalue weighted by atomic mass is 16.5. The number of rotatable bonds is 3. The fourth-order valence-corrected chi connectivity index (χ4v) is 4.40. The van der Waals surface area contributed by atoms with Crippen molar-refractivity contribution in [2.45, 2.75) is 51.6 Å². The number of hydrogen-bond acceptors (Lipinski definition) is 2. The van der Waals surface area contributed by atoms with Crippen LogP contribution in [0.25, 0.3) is 0 Å². The van der Waals surface area contributed by atoms with Crippen LogP contribution in [-0.4, -0.2) is 37.1 Å². The van der Waals surface area contributed by atoms with Gasteiger partial charge in [-0.2, -0.15) is 0 Å². The molecule has 2 fully saturated rings. The Kier molecular flexibility index (Phi) is 4.53. The van der Waals surface area contributed by atoms with Gasteiger partial charge in [-0.05, 0) is 43.7 Å². The van der Waals surface area contributed by atoms with Gasteiger partial charge >= 0.3 is 0 Å². The number of carbonyl (C=O) groups is 1. The second kappa shape index (κ2) is 6.41. The van der Waals surface area contributed by atoms with E-state index in [-0.39, 0.29) is 11.3 Å². The highest BCUT2D eigenvalue weighted by Crippen LogP contribution is 2.46. The molecular weight excluding hydrogens is 274 g/mol. The van der Waals surface area contributed by atoms with Gasteiger partial charge in [-0.3, -0.25) is 4.79 Å².